The molecule has 18 heavy (non-hydrogen) atoms. The minimum absolute atomic E-state index is 0.558. The largest absolute Gasteiger partial charge is 0.348 e. The molecule has 0 bridgehead atoms. The molecule has 0 atom stereocenters. The van der Waals surface area contributed by atoms with E-state index in [4.69, 9.17) is 6.42 Å². The lowest BCUT2D eigenvalue weighted by atomic mass is 10.1. The fourth-order valence-corrected chi connectivity index (χ4v) is 3.40. The van der Waals surface area contributed by atoms with Crippen LogP contribution in [-0.4, -0.2) is 29.3 Å². The Kier molecular flexibility index (Phi) is 2.85. The molecule has 0 spiro atoms. The van der Waals surface area contributed by atoms with Gasteiger partial charge in [-0.25, -0.2) is 9.97 Å². The molecule has 1 aromatic carbocycles. The van der Waals surface area contributed by atoms with Gasteiger partial charge in [0.15, 0.2) is 0 Å². The van der Waals surface area contributed by atoms with Crippen LogP contribution in [0.25, 0.3) is 10.9 Å². The van der Waals surface area contributed by atoms with Crippen molar-refractivity contribution in [2.75, 3.05) is 24.2 Å². The van der Waals surface area contributed by atoms with Gasteiger partial charge in [0.1, 0.15) is 12.1 Å². The first-order chi connectivity index (χ1) is 8.81. The summed E-state index contributed by atoms with van der Waals surface area (Å²) in [5.41, 5.74) is 2.38. The highest BCUT2D eigenvalue weighted by Crippen LogP contribution is 2.38. The van der Waals surface area contributed by atoms with Gasteiger partial charge in [-0.15, -0.1) is 18.2 Å². The van der Waals surface area contributed by atoms with Gasteiger partial charge in [-0.05, 0) is 24.1 Å². The summed E-state index contributed by atoms with van der Waals surface area (Å²) in [6.07, 6.45) is 8.08. The van der Waals surface area contributed by atoms with Crippen LogP contribution in [0.5, 0.6) is 0 Å². The number of rotatable bonds is 2. The summed E-state index contributed by atoms with van der Waals surface area (Å²) in [6, 6.07) is 4.23. The molecule has 1 aromatic heterocycles. The van der Waals surface area contributed by atoms with Crippen LogP contribution in [0.1, 0.15) is 5.56 Å². The maximum Gasteiger partial charge on any atom is 0.140 e. The van der Waals surface area contributed by atoms with Crippen molar-refractivity contribution in [3.8, 4) is 12.3 Å². The van der Waals surface area contributed by atoms with Crippen molar-refractivity contribution in [1.82, 2.24) is 9.97 Å². The second-order valence-electron chi connectivity index (χ2n) is 4.29. The number of anilines is 1. The SMILES string of the molecule is C#CCN(C)c1ncnc2ccc3c(c12)CCS3. The van der Waals surface area contributed by atoms with Gasteiger partial charge in [-0.3, -0.25) is 0 Å². The van der Waals surface area contributed by atoms with Gasteiger partial charge in [-0.1, -0.05) is 5.92 Å². The van der Waals surface area contributed by atoms with Gasteiger partial charge >= 0.3 is 0 Å². The van der Waals surface area contributed by atoms with E-state index in [0.29, 0.717) is 6.54 Å². The molecule has 0 saturated carbocycles. The standard InChI is InChI=1S/C14H13N3S/c1-3-7-17(2)14-13-10-6-8-18-12(10)5-4-11(13)15-9-16-14/h1,4-5,9H,6-8H2,2H3. The molecular weight excluding hydrogens is 242 g/mol. The molecule has 90 valence electrons. The summed E-state index contributed by atoms with van der Waals surface area (Å²) in [6.45, 7) is 0.558. The van der Waals surface area contributed by atoms with E-state index < -0.39 is 0 Å². The molecule has 0 N–H and O–H groups in total. The minimum Gasteiger partial charge on any atom is -0.348 e. The lowest BCUT2D eigenvalue weighted by Crippen LogP contribution is -2.19. The molecule has 0 fully saturated rings. The molecular formula is C14H13N3S. The smallest absolute Gasteiger partial charge is 0.140 e. The highest BCUT2D eigenvalue weighted by molar-refractivity contribution is 7.99. The number of hydrogen-bond donors (Lipinski definition) is 0. The highest BCUT2D eigenvalue weighted by atomic mass is 32.2. The van der Waals surface area contributed by atoms with E-state index >= 15 is 0 Å². The van der Waals surface area contributed by atoms with E-state index in [1.54, 1.807) is 6.33 Å². The first-order valence-corrected chi connectivity index (χ1v) is 6.84. The third-order valence-corrected chi connectivity index (χ3v) is 4.25. The molecule has 0 unspecified atom stereocenters. The molecule has 0 radical (unpaired) electrons. The van der Waals surface area contributed by atoms with Crippen molar-refractivity contribution in [3.05, 3.63) is 24.0 Å². The van der Waals surface area contributed by atoms with Crippen molar-refractivity contribution < 1.29 is 0 Å². The molecule has 3 nitrogen and oxygen atoms in total. The van der Waals surface area contributed by atoms with E-state index in [1.807, 2.05) is 23.7 Å². The predicted octanol–water partition coefficient (Wildman–Crippen LogP) is 2.35. The van der Waals surface area contributed by atoms with Crippen molar-refractivity contribution >= 4 is 28.5 Å². The zero-order valence-corrected chi connectivity index (χ0v) is 11.0. The van der Waals surface area contributed by atoms with Crippen LogP contribution in [0.3, 0.4) is 0 Å². The number of aryl methyl sites for hydroxylation is 1. The molecule has 2 aromatic rings. The fourth-order valence-electron chi connectivity index (χ4n) is 2.33. The normalized spacial score (nSPS) is 13.3. The Bertz CT molecular complexity index is 645. The topological polar surface area (TPSA) is 29.0 Å². The number of benzene rings is 1. The summed E-state index contributed by atoms with van der Waals surface area (Å²) in [4.78, 5) is 12.1. The van der Waals surface area contributed by atoms with Gasteiger partial charge in [0.2, 0.25) is 0 Å². The lowest BCUT2D eigenvalue weighted by Gasteiger charge is -2.18. The summed E-state index contributed by atoms with van der Waals surface area (Å²) in [5, 5.41) is 1.16. The number of thioether (sulfide) groups is 1. The van der Waals surface area contributed by atoms with Crippen LogP contribution >= 0.6 is 11.8 Å². The molecule has 0 aliphatic carbocycles. The molecule has 4 heteroatoms. The maximum atomic E-state index is 5.38. The Morgan fingerprint density at radius 3 is 3.17 bits per heavy atom. The van der Waals surface area contributed by atoms with Crippen LogP contribution < -0.4 is 4.90 Å². The van der Waals surface area contributed by atoms with Gasteiger partial charge in [-0.2, -0.15) is 0 Å². The molecule has 0 amide bonds. The van der Waals surface area contributed by atoms with Gasteiger partial charge in [0.05, 0.1) is 12.1 Å². The van der Waals surface area contributed by atoms with E-state index in [0.717, 1.165) is 28.9 Å². The second kappa shape index (κ2) is 4.51. The number of nitrogens with zero attached hydrogens (tertiary/aromatic N) is 3. The summed E-state index contributed by atoms with van der Waals surface area (Å²) < 4.78 is 0. The molecule has 3 rings (SSSR count). The highest BCUT2D eigenvalue weighted by Gasteiger charge is 2.19. The number of fused-ring (bicyclic) bond motifs is 3. The van der Waals surface area contributed by atoms with Crippen molar-refractivity contribution in [3.63, 3.8) is 0 Å². The zero-order valence-electron chi connectivity index (χ0n) is 10.2. The monoisotopic (exact) mass is 255 g/mol. The predicted molar refractivity (Wildman–Crippen MR) is 76.1 cm³/mol. The number of hydrogen-bond acceptors (Lipinski definition) is 4. The lowest BCUT2D eigenvalue weighted by molar-refractivity contribution is 0.999. The Morgan fingerprint density at radius 2 is 2.33 bits per heavy atom. The fraction of sp³-hybridized carbons (Fsp3) is 0.286. The van der Waals surface area contributed by atoms with Crippen molar-refractivity contribution in [1.29, 1.82) is 0 Å². The van der Waals surface area contributed by atoms with Gasteiger partial charge < -0.3 is 4.90 Å². The summed E-state index contributed by atoms with van der Waals surface area (Å²) in [7, 11) is 1.98. The van der Waals surface area contributed by atoms with Crippen LogP contribution in [0, 0.1) is 12.3 Å². The van der Waals surface area contributed by atoms with Crippen molar-refractivity contribution in [2.45, 2.75) is 11.3 Å². The summed E-state index contributed by atoms with van der Waals surface area (Å²) in [5.74, 6) is 4.74. The molecule has 2 heterocycles. The Morgan fingerprint density at radius 1 is 1.44 bits per heavy atom. The van der Waals surface area contributed by atoms with Crippen molar-refractivity contribution in [2.24, 2.45) is 0 Å². The van der Waals surface area contributed by atoms with Crippen LogP contribution in [0.2, 0.25) is 0 Å². The zero-order chi connectivity index (χ0) is 12.5. The Balaban J connectivity index is 2.26. The molecule has 1 aliphatic rings. The third kappa shape index (κ3) is 1.72. The number of aromatic nitrogens is 2. The first kappa shape index (κ1) is 11.4. The molecule has 0 saturated heterocycles. The average molecular weight is 255 g/mol. The van der Waals surface area contributed by atoms with E-state index in [1.165, 1.54) is 10.5 Å². The van der Waals surface area contributed by atoms with Gasteiger partial charge in [0, 0.05) is 23.1 Å². The Hall–Kier alpha value is -1.73. The minimum atomic E-state index is 0.558. The second-order valence-corrected chi connectivity index (χ2v) is 5.43. The quantitative estimate of drug-likeness (QED) is 0.770. The maximum absolute atomic E-state index is 5.38. The van der Waals surface area contributed by atoms with E-state index in [9.17, 15) is 0 Å². The van der Waals surface area contributed by atoms with Crippen LogP contribution in [0.4, 0.5) is 5.82 Å². The molecule has 1 aliphatic heterocycles. The third-order valence-electron chi connectivity index (χ3n) is 3.15. The summed E-state index contributed by atoms with van der Waals surface area (Å²) >= 11 is 1.90. The van der Waals surface area contributed by atoms with Crippen LogP contribution in [0.15, 0.2) is 23.4 Å². The van der Waals surface area contributed by atoms with Crippen LogP contribution in [-0.2, 0) is 6.42 Å². The first-order valence-electron chi connectivity index (χ1n) is 5.85. The Labute approximate surface area is 111 Å². The van der Waals surface area contributed by atoms with E-state index in [2.05, 4.69) is 28.0 Å². The number of terminal acetylenes is 1. The van der Waals surface area contributed by atoms with Gasteiger partial charge in [0.25, 0.3) is 0 Å². The average Bonchev–Trinajstić information content (AvgIpc) is 2.86. The van der Waals surface area contributed by atoms with E-state index in [-0.39, 0.29) is 0 Å².